The van der Waals surface area contributed by atoms with Gasteiger partial charge in [-0.25, -0.2) is 0 Å². The van der Waals surface area contributed by atoms with Gasteiger partial charge in [0, 0.05) is 12.2 Å². The fourth-order valence-electron chi connectivity index (χ4n) is 3.08. The Kier molecular flexibility index (Phi) is 5.28. The first-order valence-electron chi connectivity index (χ1n) is 8.35. The van der Waals surface area contributed by atoms with E-state index in [1.54, 1.807) is 0 Å². The lowest BCUT2D eigenvalue weighted by Crippen LogP contribution is -2.22. The molecule has 1 aliphatic heterocycles. The van der Waals surface area contributed by atoms with Crippen molar-refractivity contribution in [2.45, 2.75) is 25.5 Å². The molecule has 4 heteroatoms. The van der Waals surface area contributed by atoms with Crippen molar-refractivity contribution in [3.05, 3.63) is 65.2 Å². The van der Waals surface area contributed by atoms with Gasteiger partial charge in [0.15, 0.2) is 0 Å². The number of nitrogens with zero attached hydrogens (tertiary/aromatic N) is 1. The number of rotatable bonds is 5. The van der Waals surface area contributed by atoms with Gasteiger partial charge in [0.1, 0.15) is 0 Å². The molecule has 1 N–H and O–H groups in total. The number of anilines is 1. The number of hydrogen-bond donors (Lipinski definition) is 1. The molecule has 0 aliphatic carbocycles. The number of carbonyl (C=O) groups is 1. The van der Waals surface area contributed by atoms with Crippen molar-refractivity contribution < 1.29 is 9.53 Å². The van der Waals surface area contributed by atoms with E-state index in [0.717, 1.165) is 24.2 Å². The lowest BCUT2D eigenvalue weighted by molar-refractivity contribution is -0.119. The molecule has 3 rings (SSSR count). The molecule has 0 fully saturated rings. The Bertz CT molecular complexity index is 695. The predicted molar refractivity (Wildman–Crippen MR) is 95.9 cm³/mol. The van der Waals surface area contributed by atoms with Crippen LogP contribution in [0, 0.1) is 0 Å². The van der Waals surface area contributed by atoms with Gasteiger partial charge in [-0.2, -0.15) is 0 Å². The zero-order valence-electron chi connectivity index (χ0n) is 14.3. The highest BCUT2D eigenvalue weighted by atomic mass is 16.5. The van der Waals surface area contributed by atoms with Gasteiger partial charge in [-0.15, -0.1) is 0 Å². The number of nitrogens with one attached hydrogen (secondary N) is 1. The molecule has 1 unspecified atom stereocenters. The monoisotopic (exact) mass is 324 g/mol. The molecule has 1 aliphatic rings. The number of hydrogen-bond acceptors (Lipinski definition) is 3. The maximum absolute atomic E-state index is 12.4. The van der Waals surface area contributed by atoms with E-state index in [2.05, 4.69) is 22.3 Å². The van der Waals surface area contributed by atoms with Gasteiger partial charge in [0.25, 0.3) is 0 Å². The van der Waals surface area contributed by atoms with E-state index in [4.69, 9.17) is 4.74 Å². The Balaban J connectivity index is 1.60. The van der Waals surface area contributed by atoms with Gasteiger partial charge in [-0.05, 0) is 49.3 Å². The summed E-state index contributed by atoms with van der Waals surface area (Å²) in [5, 5.41) is 2.97. The molecule has 0 radical (unpaired) electrons. The van der Waals surface area contributed by atoms with Crippen molar-refractivity contribution in [1.29, 1.82) is 0 Å². The number of amides is 1. The summed E-state index contributed by atoms with van der Waals surface area (Å²) in [6.07, 6.45) is 1.11. The summed E-state index contributed by atoms with van der Waals surface area (Å²) < 4.78 is 5.81. The van der Waals surface area contributed by atoms with Crippen LogP contribution in [0.3, 0.4) is 0 Å². The van der Waals surface area contributed by atoms with Crippen LogP contribution < -0.4 is 5.32 Å². The zero-order valence-corrected chi connectivity index (χ0v) is 14.3. The Hall–Kier alpha value is -2.17. The van der Waals surface area contributed by atoms with E-state index in [0.29, 0.717) is 13.0 Å². The summed E-state index contributed by atoms with van der Waals surface area (Å²) in [5.74, 6) is -0.0166. The molecule has 0 spiro atoms. The van der Waals surface area contributed by atoms with Crippen LogP contribution in [0.2, 0.25) is 0 Å². The van der Waals surface area contributed by atoms with Crippen LogP contribution >= 0.6 is 0 Å². The number of benzene rings is 2. The molecule has 2 aromatic rings. The molecule has 1 heterocycles. The van der Waals surface area contributed by atoms with E-state index in [-0.39, 0.29) is 12.0 Å². The molecule has 1 amide bonds. The lowest BCUT2D eigenvalue weighted by Gasteiger charge is -2.25. The molecule has 1 atom stereocenters. The van der Waals surface area contributed by atoms with E-state index in [1.165, 1.54) is 11.1 Å². The number of fused-ring (bicyclic) bond motifs is 1. The van der Waals surface area contributed by atoms with E-state index in [1.807, 2.05) is 50.5 Å². The Morgan fingerprint density at radius 2 is 1.92 bits per heavy atom. The lowest BCUT2D eigenvalue weighted by atomic mass is 9.95. The van der Waals surface area contributed by atoms with Gasteiger partial charge in [0.2, 0.25) is 5.91 Å². The number of ether oxygens (including phenoxy) is 1. The minimum absolute atomic E-state index is 0.0166. The molecule has 0 saturated heterocycles. The second-order valence-electron chi connectivity index (χ2n) is 6.50. The van der Waals surface area contributed by atoms with Crippen LogP contribution in [0.4, 0.5) is 5.69 Å². The van der Waals surface area contributed by atoms with Gasteiger partial charge in [0.05, 0.1) is 19.1 Å². The molecule has 126 valence electrons. The molecular weight excluding hydrogens is 300 g/mol. The van der Waals surface area contributed by atoms with Crippen molar-refractivity contribution in [2.75, 3.05) is 26.0 Å². The Labute approximate surface area is 143 Å². The summed E-state index contributed by atoms with van der Waals surface area (Å²) in [6.45, 7) is 1.56. The summed E-state index contributed by atoms with van der Waals surface area (Å²) in [5.41, 5.74) is 4.48. The standard InChI is InChI=1S/C20H24N2O2/c1-22(2)14-15-7-9-17(10-8-15)21-20(23)13-19-18-6-4-3-5-16(18)11-12-24-19/h3-10,19H,11-14H2,1-2H3,(H,21,23). The van der Waals surface area contributed by atoms with Crippen LogP contribution in [0.25, 0.3) is 0 Å². The van der Waals surface area contributed by atoms with Crippen molar-refractivity contribution in [1.82, 2.24) is 4.90 Å². The highest BCUT2D eigenvalue weighted by Gasteiger charge is 2.23. The zero-order chi connectivity index (χ0) is 16.9. The highest BCUT2D eigenvalue weighted by molar-refractivity contribution is 5.91. The fraction of sp³-hybridized carbons (Fsp3) is 0.350. The van der Waals surface area contributed by atoms with Gasteiger partial charge in [-0.3, -0.25) is 4.79 Å². The third-order valence-electron chi connectivity index (χ3n) is 4.20. The third-order valence-corrected chi connectivity index (χ3v) is 4.20. The van der Waals surface area contributed by atoms with Crippen LogP contribution in [-0.4, -0.2) is 31.5 Å². The Morgan fingerprint density at radius 3 is 2.67 bits per heavy atom. The Morgan fingerprint density at radius 1 is 1.17 bits per heavy atom. The normalized spacial score (nSPS) is 16.7. The van der Waals surface area contributed by atoms with E-state index in [9.17, 15) is 4.79 Å². The topological polar surface area (TPSA) is 41.6 Å². The third kappa shape index (κ3) is 4.22. The average molecular weight is 324 g/mol. The van der Waals surface area contributed by atoms with E-state index >= 15 is 0 Å². The SMILES string of the molecule is CN(C)Cc1ccc(NC(=O)CC2OCCc3ccccc32)cc1. The maximum Gasteiger partial charge on any atom is 0.227 e. The number of carbonyl (C=O) groups excluding carboxylic acids is 1. The van der Waals surface area contributed by atoms with Crippen molar-refractivity contribution in [3.8, 4) is 0 Å². The predicted octanol–water partition coefficient (Wildman–Crippen LogP) is 3.39. The summed E-state index contributed by atoms with van der Waals surface area (Å²) in [7, 11) is 4.08. The average Bonchev–Trinajstić information content (AvgIpc) is 2.56. The van der Waals surface area contributed by atoms with Crippen LogP contribution in [0.1, 0.15) is 29.2 Å². The van der Waals surface area contributed by atoms with Crippen molar-refractivity contribution >= 4 is 11.6 Å². The smallest absolute Gasteiger partial charge is 0.227 e. The fourth-order valence-corrected chi connectivity index (χ4v) is 3.08. The maximum atomic E-state index is 12.4. The van der Waals surface area contributed by atoms with Gasteiger partial charge >= 0.3 is 0 Å². The van der Waals surface area contributed by atoms with Gasteiger partial charge < -0.3 is 15.0 Å². The van der Waals surface area contributed by atoms with Crippen LogP contribution in [-0.2, 0) is 22.5 Å². The minimum Gasteiger partial charge on any atom is -0.373 e. The summed E-state index contributed by atoms with van der Waals surface area (Å²) >= 11 is 0. The molecule has 0 aromatic heterocycles. The molecule has 0 bridgehead atoms. The summed E-state index contributed by atoms with van der Waals surface area (Å²) in [6, 6.07) is 16.2. The first kappa shape index (κ1) is 16.7. The van der Waals surface area contributed by atoms with Crippen molar-refractivity contribution in [3.63, 3.8) is 0 Å². The first-order valence-corrected chi connectivity index (χ1v) is 8.35. The second kappa shape index (κ2) is 7.60. The first-order chi connectivity index (χ1) is 11.6. The summed E-state index contributed by atoms with van der Waals surface area (Å²) in [4.78, 5) is 14.5. The highest BCUT2D eigenvalue weighted by Crippen LogP contribution is 2.29. The van der Waals surface area contributed by atoms with Crippen LogP contribution in [0.5, 0.6) is 0 Å². The van der Waals surface area contributed by atoms with Crippen LogP contribution in [0.15, 0.2) is 48.5 Å². The molecule has 0 saturated carbocycles. The largest absolute Gasteiger partial charge is 0.373 e. The molecular formula is C20H24N2O2. The van der Waals surface area contributed by atoms with E-state index < -0.39 is 0 Å². The van der Waals surface area contributed by atoms with Crippen molar-refractivity contribution in [2.24, 2.45) is 0 Å². The molecule has 24 heavy (non-hydrogen) atoms. The minimum atomic E-state index is -0.150. The quantitative estimate of drug-likeness (QED) is 0.916. The molecule has 2 aromatic carbocycles. The second-order valence-corrected chi connectivity index (χ2v) is 6.50. The molecule has 4 nitrogen and oxygen atoms in total. The van der Waals surface area contributed by atoms with Gasteiger partial charge in [-0.1, -0.05) is 36.4 Å².